The summed E-state index contributed by atoms with van der Waals surface area (Å²) in [5.41, 5.74) is -1.23. The molecule has 0 fully saturated rings. The third-order valence-electron chi connectivity index (χ3n) is 6.23. The van der Waals surface area contributed by atoms with Gasteiger partial charge in [-0.1, -0.05) is 66.0 Å². The number of carbonyl (C=O) groups excluding carboxylic acids is 2. The van der Waals surface area contributed by atoms with Gasteiger partial charge in [0.2, 0.25) is 11.8 Å². The summed E-state index contributed by atoms with van der Waals surface area (Å²) in [5, 5.41) is 2.77. The largest absolute Gasteiger partial charge is 0.416 e. The molecule has 3 aromatic rings. The first-order chi connectivity index (χ1) is 19.7. The monoisotopic (exact) mass is 663 g/mol. The number of hydrogen-bond donors (Lipinski definition) is 1. The van der Waals surface area contributed by atoms with Crippen LogP contribution in [-0.2, 0) is 32.3 Å². The molecule has 0 aliphatic heterocycles. The lowest BCUT2D eigenvalue weighted by molar-refractivity contribution is -0.140. The van der Waals surface area contributed by atoms with Gasteiger partial charge < -0.3 is 10.2 Å². The van der Waals surface area contributed by atoms with Crippen molar-refractivity contribution in [3.8, 4) is 0 Å². The predicted octanol–water partition coefficient (Wildman–Crippen LogP) is 6.80. The number of alkyl halides is 3. The van der Waals surface area contributed by atoms with Gasteiger partial charge in [-0.2, -0.15) is 13.2 Å². The molecule has 1 unspecified atom stereocenters. The Kier molecular flexibility index (Phi) is 11.2. The smallest absolute Gasteiger partial charge is 0.355 e. The van der Waals surface area contributed by atoms with Crippen LogP contribution in [0.15, 0.2) is 71.6 Å². The van der Waals surface area contributed by atoms with Gasteiger partial charge in [0.1, 0.15) is 12.6 Å². The maximum Gasteiger partial charge on any atom is 0.416 e. The number of hydrogen-bond acceptors (Lipinski definition) is 4. The van der Waals surface area contributed by atoms with Crippen molar-refractivity contribution in [1.82, 2.24) is 10.2 Å². The van der Waals surface area contributed by atoms with Crippen molar-refractivity contribution in [1.29, 1.82) is 0 Å². The van der Waals surface area contributed by atoms with Crippen molar-refractivity contribution >= 4 is 62.3 Å². The fourth-order valence-electron chi connectivity index (χ4n) is 4.16. The van der Waals surface area contributed by atoms with Gasteiger partial charge in [-0.3, -0.25) is 13.9 Å². The lowest BCUT2D eigenvalue weighted by Crippen LogP contribution is -2.52. The van der Waals surface area contributed by atoms with Crippen LogP contribution in [0, 0.1) is 0 Å². The van der Waals surface area contributed by atoms with Crippen molar-refractivity contribution in [3.63, 3.8) is 0 Å². The molecule has 0 radical (unpaired) electrons. The molecule has 0 saturated heterocycles. The molecule has 3 aromatic carbocycles. The number of sulfonamides is 1. The molecule has 1 atom stereocenters. The van der Waals surface area contributed by atoms with Crippen molar-refractivity contribution in [2.75, 3.05) is 17.4 Å². The van der Waals surface area contributed by atoms with E-state index >= 15 is 0 Å². The van der Waals surface area contributed by atoms with Gasteiger partial charge in [0, 0.05) is 13.1 Å². The molecule has 0 aromatic heterocycles. The summed E-state index contributed by atoms with van der Waals surface area (Å²) in [5.74, 6) is -1.37. The van der Waals surface area contributed by atoms with E-state index in [1.807, 2.05) is 0 Å². The zero-order valence-corrected chi connectivity index (χ0v) is 25.5. The Labute approximate surface area is 257 Å². The van der Waals surface area contributed by atoms with Crippen LogP contribution in [0.5, 0.6) is 0 Å². The molecule has 2 amide bonds. The van der Waals surface area contributed by atoms with Gasteiger partial charge in [-0.25, -0.2) is 8.42 Å². The minimum absolute atomic E-state index is 0.147. The Morgan fingerprint density at radius 2 is 1.55 bits per heavy atom. The molecule has 0 aliphatic carbocycles. The molecular weight excluding hydrogens is 638 g/mol. The predicted molar refractivity (Wildman–Crippen MR) is 157 cm³/mol. The molecule has 0 aliphatic rings. The quantitative estimate of drug-likeness (QED) is 0.244. The van der Waals surface area contributed by atoms with Crippen LogP contribution >= 0.6 is 34.8 Å². The number of anilines is 1. The number of nitrogens with zero attached hydrogens (tertiary/aromatic N) is 2. The lowest BCUT2D eigenvalue weighted by Gasteiger charge is -2.33. The van der Waals surface area contributed by atoms with Gasteiger partial charge in [-0.05, 0) is 61.4 Å². The van der Waals surface area contributed by atoms with Crippen LogP contribution in [0.25, 0.3) is 0 Å². The highest BCUT2D eigenvalue weighted by molar-refractivity contribution is 7.92. The minimum atomic E-state index is -4.82. The molecule has 14 heteroatoms. The highest BCUT2D eigenvalue weighted by Crippen LogP contribution is 2.37. The van der Waals surface area contributed by atoms with Gasteiger partial charge in [0.05, 0.1) is 31.2 Å². The number of rotatable bonds is 11. The van der Waals surface area contributed by atoms with E-state index in [0.717, 1.165) is 11.0 Å². The van der Waals surface area contributed by atoms with E-state index in [2.05, 4.69) is 5.32 Å². The average Bonchev–Trinajstić information content (AvgIpc) is 2.93. The zero-order valence-electron chi connectivity index (χ0n) is 22.5. The zero-order chi connectivity index (χ0) is 31.2. The molecular formula is C28H27Cl3F3N3O4S. The molecule has 1 N–H and O–H groups in total. The first kappa shape index (κ1) is 33.5. The second kappa shape index (κ2) is 14.0. The second-order valence-corrected chi connectivity index (χ2v) is 12.2. The average molecular weight is 665 g/mol. The third-order valence-corrected chi connectivity index (χ3v) is 9.06. The van der Waals surface area contributed by atoms with E-state index in [9.17, 15) is 31.2 Å². The van der Waals surface area contributed by atoms with Gasteiger partial charge in [-0.15, -0.1) is 0 Å². The maximum absolute atomic E-state index is 14.0. The number of benzene rings is 3. The Bertz CT molecular complexity index is 1540. The summed E-state index contributed by atoms with van der Waals surface area (Å²) in [6.07, 6.45) is -4.67. The van der Waals surface area contributed by atoms with Crippen LogP contribution in [-0.4, -0.2) is 44.3 Å². The summed E-state index contributed by atoms with van der Waals surface area (Å²) in [6.45, 7) is 2.48. The van der Waals surface area contributed by atoms with Crippen molar-refractivity contribution in [2.45, 2.75) is 43.9 Å². The van der Waals surface area contributed by atoms with Crippen LogP contribution in [0.1, 0.15) is 31.4 Å². The first-order valence-corrected chi connectivity index (χ1v) is 15.2. The van der Waals surface area contributed by atoms with Crippen LogP contribution in [0.2, 0.25) is 15.1 Å². The number of nitrogens with one attached hydrogen (secondary N) is 1. The Morgan fingerprint density at radius 3 is 2.12 bits per heavy atom. The number of carbonyl (C=O) groups is 2. The van der Waals surface area contributed by atoms with E-state index in [-0.39, 0.29) is 39.5 Å². The third kappa shape index (κ3) is 7.89. The van der Waals surface area contributed by atoms with Gasteiger partial charge in [0.15, 0.2) is 0 Å². The fraction of sp³-hybridized carbons (Fsp3) is 0.286. The van der Waals surface area contributed by atoms with Crippen molar-refractivity contribution < 1.29 is 31.2 Å². The second-order valence-electron chi connectivity index (χ2n) is 9.08. The summed E-state index contributed by atoms with van der Waals surface area (Å²) in [4.78, 5) is 27.8. The highest BCUT2D eigenvalue weighted by atomic mass is 35.5. The molecule has 3 rings (SSSR count). The van der Waals surface area contributed by atoms with E-state index in [0.29, 0.717) is 22.0 Å². The maximum atomic E-state index is 14.0. The number of amides is 2. The minimum Gasteiger partial charge on any atom is -0.355 e. The summed E-state index contributed by atoms with van der Waals surface area (Å²) >= 11 is 18.4. The molecule has 0 bridgehead atoms. The van der Waals surface area contributed by atoms with Crippen molar-refractivity contribution in [2.24, 2.45) is 0 Å². The van der Waals surface area contributed by atoms with Crippen LogP contribution in [0.3, 0.4) is 0 Å². The molecule has 7 nitrogen and oxygen atoms in total. The van der Waals surface area contributed by atoms with E-state index in [1.165, 1.54) is 36.4 Å². The fourth-order valence-corrected chi connectivity index (χ4v) is 6.20. The van der Waals surface area contributed by atoms with E-state index in [4.69, 9.17) is 34.8 Å². The Hall–Kier alpha value is -2.99. The number of likely N-dealkylation sites (N-methyl/N-ethyl adjacent to an activating group) is 1. The number of halogens is 6. The lowest BCUT2D eigenvalue weighted by atomic mass is 10.1. The first-order valence-electron chi connectivity index (χ1n) is 12.7. The molecule has 0 heterocycles. The SMILES string of the molecule is CCNC(=O)C(CC)N(Cc1ccc(Cl)c(Cl)c1)C(=O)CN(c1cc(C(F)(F)F)ccc1Cl)S(=O)(=O)c1ccccc1. The summed E-state index contributed by atoms with van der Waals surface area (Å²) in [7, 11) is -4.62. The molecule has 42 heavy (non-hydrogen) atoms. The Balaban J connectivity index is 2.16. The highest BCUT2D eigenvalue weighted by Gasteiger charge is 2.37. The van der Waals surface area contributed by atoms with Gasteiger partial charge >= 0.3 is 6.18 Å². The van der Waals surface area contributed by atoms with E-state index < -0.39 is 51.9 Å². The molecule has 0 saturated carbocycles. The van der Waals surface area contributed by atoms with Crippen molar-refractivity contribution in [3.05, 3.63) is 92.9 Å². The molecule has 226 valence electrons. The normalized spacial score (nSPS) is 12.5. The summed E-state index contributed by atoms with van der Waals surface area (Å²) in [6, 6.07) is 12.6. The topological polar surface area (TPSA) is 86.8 Å². The van der Waals surface area contributed by atoms with E-state index in [1.54, 1.807) is 26.0 Å². The standard InChI is InChI=1S/C28H27Cl3F3N3O4S/c1-3-24(27(39)35-4-2)36(16-18-10-12-21(29)23(31)14-18)26(38)17-37(42(40,41)20-8-6-5-7-9-20)25-15-19(28(32,33)34)11-13-22(25)30/h5-15,24H,3-4,16-17H2,1-2H3,(H,35,39). The molecule has 0 spiro atoms. The van der Waals surface area contributed by atoms with Gasteiger partial charge in [0.25, 0.3) is 10.0 Å². The van der Waals surface area contributed by atoms with Crippen LogP contribution < -0.4 is 9.62 Å². The Morgan fingerprint density at radius 1 is 0.905 bits per heavy atom. The van der Waals surface area contributed by atoms with Crippen LogP contribution in [0.4, 0.5) is 18.9 Å². The summed E-state index contributed by atoms with van der Waals surface area (Å²) < 4.78 is 69.1.